The number of nitrogens with one attached hydrogen (secondary N) is 1. The van der Waals surface area contributed by atoms with E-state index < -0.39 is 50.4 Å². The minimum Gasteiger partial charge on any atom is -0.479 e. The first-order valence-electron chi connectivity index (χ1n) is 14.9. The summed E-state index contributed by atoms with van der Waals surface area (Å²) in [6.07, 6.45) is -2.41. The highest BCUT2D eigenvalue weighted by molar-refractivity contribution is 7.52. The lowest BCUT2D eigenvalue weighted by molar-refractivity contribution is -0.148. The summed E-state index contributed by atoms with van der Waals surface area (Å²) in [6.45, 7) is 9.81. The van der Waals surface area contributed by atoms with E-state index in [-0.39, 0.29) is 40.8 Å². The van der Waals surface area contributed by atoms with Crippen molar-refractivity contribution in [3.8, 4) is 11.6 Å². The third-order valence-corrected chi connectivity index (χ3v) is 9.10. The molecule has 5 rings (SSSR count). The van der Waals surface area contributed by atoms with Crippen LogP contribution in [-0.4, -0.2) is 84.9 Å². The van der Waals surface area contributed by atoms with Crippen molar-refractivity contribution in [2.24, 2.45) is 5.41 Å². The van der Waals surface area contributed by atoms with Crippen LogP contribution in [0.3, 0.4) is 0 Å². The van der Waals surface area contributed by atoms with Crippen LogP contribution in [0.5, 0.6) is 11.6 Å². The maximum Gasteiger partial charge on any atom is 0.459 e. The highest BCUT2D eigenvalue weighted by Gasteiger charge is 2.54. The zero-order chi connectivity index (χ0) is 34.3. The Labute approximate surface area is 271 Å². The Morgan fingerprint density at radius 3 is 2.68 bits per heavy atom. The Hall–Kier alpha value is -3.92. The lowest BCUT2D eigenvalue weighted by Crippen LogP contribution is -2.44. The van der Waals surface area contributed by atoms with Crippen molar-refractivity contribution >= 4 is 41.7 Å². The van der Waals surface area contributed by atoms with Gasteiger partial charge in [-0.05, 0) is 50.5 Å². The van der Waals surface area contributed by atoms with Gasteiger partial charge in [-0.2, -0.15) is 15.1 Å². The van der Waals surface area contributed by atoms with Crippen LogP contribution in [0.4, 0.5) is 5.95 Å². The number of benzene rings is 1. The van der Waals surface area contributed by atoms with Crippen molar-refractivity contribution < 1.29 is 42.8 Å². The maximum absolute atomic E-state index is 14.4. The van der Waals surface area contributed by atoms with E-state index in [9.17, 15) is 19.6 Å². The molecule has 0 saturated carbocycles. The van der Waals surface area contributed by atoms with Gasteiger partial charge in [-0.25, -0.2) is 9.55 Å². The van der Waals surface area contributed by atoms with Crippen molar-refractivity contribution in [2.75, 3.05) is 26.1 Å². The number of nitrogen functional groups attached to an aromatic ring is 1. The predicted octanol–water partition coefficient (Wildman–Crippen LogP) is 3.05. The molecule has 1 aliphatic heterocycles. The number of nitrogens with zero attached hydrogens (tertiary/aromatic N) is 5. The molecule has 1 saturated heterocycles. The summed E-state index contributed by atoms with van der Waals surface area (Å²) in [6, 6.07) is 7.32. The van der Waals surface area contributed by atoms with Crippen molar-refractivity contribution in [3.63, 3.8) is 0 Å². The number of rotatable bonds is 11. The number of ether oxygens (including phenoxy) is 3. The van der Waals surface area contributed by atoms with Gasteiger partial charge in [0.15, 0.2) is 17.4 Å². The summed E-state index contributed by atoms with van der Waals surface area (Å²) in [5.41, 5.74) is 4.73. The second kappa shape index (κ2) is 12.9. The molecule has 6 unspecified atom stereocenters. The van der Waals surface area contributed by atoms with E-state index >= 15 is 0 Å². The molecule has 0 radical (unpaired) electrons. The van der Waals surface area contributed by atoms with E-state index in [4.69, 9.17) is 29.0 Å². The molecule has 47 heavy (non-hydrogen) atoms. The molecule has 254 valence electrons. The van der Waals surface area contributed by atoms with E-state index in [1.165, 1.54) is 25.5 Å². The number of imidazole rings is 1. The minimum atomic E-state index is -4.41. The van der Waals surface area contributed by atoms with Crippen LogP contribution in [-0.2, 0) is 23.4 Å². The molecule has 0 spiro atoms. The smallest absolute Gasteiger partial charge is 0.459 e. The molecule has 0 amide bonds. The summed E-state index contributed by atoms with van der Waals surface area (Å²) in [5.74, 6) is -0.121. The molecular weight excluding hydrogens is 633 g/mol. The Morgan fingerprint density at radius 1 is 1.23 bits per heavy atom. The van der Waals surface area contributed by atoms with E-state index in [0.29, 0.717) is 16.7 Å². The zero-order valence-corrected chi connectivity index (χ0v) is 28.1. The van der Waals surface area contributed by atoms with Crippen LogP contribution < -0.4 is 20.1 Å². The molecule has 17 heteroatoms. The van der Waals surface area contributed by atoms with Crippen LogP contribution in [0, 0.1) is 12.3 Å². The molecule has 1 aliphatic rings. The zero-order valence-electron chi connectivity index (χ0n) is 27.2. The summed E-state index contributed by atoms with van der Waals surface area (Å²) in [7, 11) is -3.00. The summed E-state index contributed by atoms with van der Waals surface area (Å²) in [5, 5.41) is 25.9. The third-order valence-electron chi connectivity index (χ3n) is 7.47. The van der Waals surface area contributed by atoms with Gasteiger partial charge in [0.2, 0.25) is 11.8 Å². The topological polar surface area (TPSA) is 215 Å². The number of anilines is 1. The molecule has 4 aromatic rings. The van der Waals surface area contributed by atoms with Gasteiger partial charge in [0, 0.05) is 11.6 Å². The van der Waals surface area contributed by atoms with Crippen LogP contribution in [0.15, 0.2) is 36.5 Å². The molecule has 1 fully saturated rings. The number of carbonyl (C=O) groups excluding carboxylic acids is 1. The number of fused-ring (bicyclic) bond motifs is 2. The Bertz CT molecular complexity index is 1820. The highest BCUT2D eigenvalue weighted by atomic mass is 31.2. The number of nitrogens with two attached hydrogens (primary N) is 1. The first-order valence-corrected chi connectivity index (χ1v) is 16.4. The second-order valence-corrected chi connectivity index (χ2v) is 14.4. The second-order valence-electron chi connectivity index (χ2n) is 12.7. The van der Waals surface area contributed by atoms with E-state index in [1.54, 1.807) is 43.5 Å². The van der Waals surface area contributed by atoms with Crippen LogP contribution >= 0.6 is 7.75 Å². The van der Waals surface area contributed by atoms with E-state index in [0.717, 1.165) is 0 Å². The Balaban J connectivity index is 1.42. The molecule has 6 atom stereocenters. The quantitative estimate of drug-likeness (QED) is 0.133. The average molecular weight is 674 g/mol. The first kappa shape index (κ1) is 34.4. The number of hydrogen-bond acceptors (Lipinski definition) is 14. The highest BCUT2D eigenvalue weighted by Crippen LogP contribution is 2.48. The third kappa shape index (κ3) is 7.17. The fourth-order valence-electron chi connectivity index (χ4n) is 5.10. The molecule has 4 heterocycles. The van der Waals surface area contributed by atoms with Gasteiger partial charge in [0.05, 0.1) is 25.8 Å². The number of methoxy groups -OCH3 is 1. The van der Waals surface area contributed by atoms with Gasteiger partial charge in [-0.3, -0.25) is 18.9 Å². The van der Waals surface area contributed by atoms with Gasteiger partial charge in [0.1, 0.15) is 35.4 Å². The largest absolute Gasteiger partial charge is 0.479 e. The lowest BCUT2D eigenvalue weighted by Gasteiger charge is -2.28. The van der Waals surface area contributed by atoms with Gasteiger partial charge in [0.25, 0.3) is 0 Å². The molecule has 5 N–H and O–H groups in total. The summed E-state index contributed by atoms with van der Waals surface area (Å²) >= 11 is 0. The van der Waals surface area contributed by atoms with Crippen LogP contribution in [0.25, 0.3) is 22.1 Å². The fraction of sp³-hybridized carbons (Fsp3) is 0.500. The van der Waals surface area contributed by atoms with Gasteiger partial charge >= 0.3 is 13.7 Å². The molecule has 0 bridgehead atoms. The summed E-state index contributed by atoms with van der Waals surface area (Å²) < 4.78 is 44.5. The lowest BCUT2D eigenvalue weighted by atomic mass is 9.96. The fourth-order valence-corrected chi connectivity index (χ4v) is 6.62. The van der Waals surface area contributed by atoms with Gasteiger partial charge < -0.3 is 34.7 Å². The standard InChI is InChI=1S/C30H40N7O9P/c1-16(26(39)43-15-29(3,4)5)36-47(41,46-20-12-8-11-19-18(20)10-9-13-32-19)44-14-21-23(38)30(6,40)27(45-21)37-17(2)33-22-24(37)34-28(31)35-25(22)42-7/h8-13,16,21,23,27,38,40H,14-15H2,1-7H3,(H,36,41)(H2,31,34,35). The first-order chi connectivity index (χ1) is 22.0. The number of aryl methyl sites for hydroxylation is 1. The number of pyridine rings is 1. The number of hydrogen-bond donors (Lipinski definition) is 4. The SMILES string of the molecule is COc1nc(N)nc2c1nc(C)n2C1OC(COP(=O)(NC(C)C(=O)OCC(C)(C)C)Oc2cccc3ncccc23)C(O)C1(C)O. The number of aliphatic hydroxyl groups is 2. The Kier molecular flexibility index (Phi) is 9.48. The number of carbonyl (C=O) groups is 1. The van der Waals surface area contributed by atoms with Gasteiger partial charge in [-0.1, -0.05) is 26.8 Å². The van der Waals surface area contributed by atoms with Crippen molar-refractivity contribution in [3.05, 3.63) is 42.4 Å². The van der Waals surface area contributed by atoms with E-state index in [1.807, 2.05) is 20.8 Å². The number of esters is 1. The van der Waals surface area contributed by atoms with E-state index in [2.05, 4.69) is 25.0 Å². The monoisotopic (exact) mass is 673 g/mol. The molecule has 0 aliphatic carbocycles. The summed E-state index contributed by atoms with van der Waals surface area (Å²) in [4.78, 5) is 29.9. The number of aromatic nitrogens is 5. The van der Waals surface area contributed by atoms with Crippen molar-refractivity contribution in [2.45, 2.75) is 71.6 Å². The van der Waals surface area contributed by atoms with Crippen molar-refractivity contribution in [1.29, 1.82) is 0 Å². The predicted molar refractivity (Wildman–Crippen MR) is 171 cm³/mol. The molecule has 1 aromatic carbocycles. The average Bonchev–Trinajstić information content (AvgIpc) is 3.44. The number of aliphatic hydroxyl groups excluding tert-OH is 1. The molecular formula is C30H40N7O9P. The molecule has 3 aromatic heterocycles. The van der Waals surface area contributed by atoms with Crippen molar-refractivity contribution in [1.82, 2.24) is 29.6 Å². The van der Waals surface area contributed by atoms with Crippen LogP contribution in [0.2, 0.25) is 0 Å². The molecule has 16 nitrogen and oxygen atoms in total. The maximum atomic E-state index is 14.4. The minimum absolute atomic E-state index is 0.100. The van der Waals surface area contributed by atoms with Gasteiger partial charge in [-0.15, -0.1) is 0 Å². The Morgan fingerprint density at radius 2 is 1.98 bits per heavy atom. The van der Waals surface area contributed by atoms with Crippen LogP contribution in [0.1, 0.15) is 46.7 Å². The normalized spacial score (nSPS) is 23.5.